The largest absolute Gasteiger partial charge is 0.376 e. The quantitative estimate of drug-likeness (QED) is 0.553. The minimum Gasteiger partial charge on any atom is -0.376 e. The predicted octanol–water partition coefficient (Wildman–Crippen LogP) is 3.25. The van der Waals surface area contributed by atoms with E-state index in [0.29, 0.717) is 22.5 Å². The summed E-state index contributed by atoms with van der Waals surface area (Å²) in [5.41, 5.74) is 0.906. The van der Waals surface area contributed by atoms with Gasteiger partial charge in [-0.05, 0) is 43.9 Å². The van der Waals surface area contributed by atoms with Crippen LogP contribution in [0.3, 0.4) is 0 Å². The van der Waals surface area contributed by atoms with Crippen LogP contribution in [0, 0.1) is 0 Å². The highest BCUT2D eigenvalue weighted by Gasteiger charge is 2.16. The molecule has 27 heavy (non-hydrogen) atoms. The van der Waals surface area contributed by atoms with Crippen LogP contribution >= 0.6 is 23.2 Å². The summed E-state index contributed by atoms with van der Waals surface area (Å²) in [6.45, 7) is 3.48. The number of nitrogens with one attached hydrogen (secondary N) is 2. The van der Waals surface area contributed by atoms with Crippen molar-refractivity contribution >= 4 is 35.1 Å². The lowest BCUT2D eigenvalue weighted by Crippen LogP contribution is -2.44. The van der Waals surface area contributed by atoms with Gasteiger partial charge in [0.05, 0.1) is 12.1 Å². The highest BCUT2D eigenvalue weighted by Crippen LogP contribution is 2.26. The number of nitrogens with zero attached hydrogens (tertiary/aromatic N) is 2. The number of aliphatic imine (C=N–C) groups is 1. The molecule has 1 aromatic carbocycles. The monoisotopic (exact) mass is 414 g/mol. The van der Waals surface area contributed by atoms with Crippen LogP contribution in [0.15, 0.2) is 23.2 Å². The van der Waals surface area contributed by atoms with Crippen LogP contribution in [0.5, 0.6) is 0 Å². The Morgan fingerprint density at radius 1 is 1.37 bits per heavy atom. The molecule has 0 radical (unpaired) electrons. The molecule has 0 bridgehead atoms. The van der Waals surface area contributed by atoms with Gasteiger partial charge in [-0.3, -0.25) is 4.79 Å². The average Bonchev–Trinajstić information content (AvgIpc) is 2.64. The SMILES string of the molecule is CC(NC(=NCC(=O)N(C)C)NCC1CCCCO1)c1ccc(Cl)cc1Cl. The zero-order valence-electron chi connectivity index (χ0n) is 16.1. The van der Waals surface area contributed by atoms with Gasteiger partial charge >= 0.3 is 0 Å². The highest BCUT2D eigenvalue weighted by atomic mass is 35.5. The van der Waals surface area contributed by atoms with Crippen molar-refractivity contribution in [2.24, 2.45) is 4.99 Å². The van der Waals surface area contributed by atoms with Crippen LogP contribution in [0.1, 0.15) is 37.8 Å². The average molecular weight is 415 g/mol. The molecule has 1 aromatic rings. The van der Waals surface area contributed by atoms with E-state index in [-0.39, 0.29) is 24.6 Å². The van der Waals surface area contributed by atoms with Crippen molar-refractivity contribution in [3.63, 3.8) is 0 Å². The van der Waals surface area contributed by atoms with E-state index in [1.807, 2.05) is 13.0 Å². The lowest BCUT2D eigenvalue weighted by Gasteiger charge is -2.25. The van der Waals surface area contributed by atoms with E-state index in [2.05, 4.69) is 15.6 Å². The topological polar surface area (TPSA) is 66.0 Å². The minimum atomic E-state index is -0.109. The van der Waals surface area contributed by atoms with Crippen LogP contribution in [0.25, 0.3) is 0 Å². The fourth-order valence-electron chi connectivity index (χ4n) is 2.76. The number of ether oxygens (including phenoxy) is 1. The van der Waals surface area contributed by atoms with Gasteiger partial charge in [-0.25, -0.2) is 4.99 Å². The number of benzene rings is 1. The fourth-order valence-corrected chi connectivity index (χ4v) is 3.33. The van der Waals surface area contributed by atoms with Crippen molar-refractivity contribution in [2.75, 3.05) is 33.8 Å². The third-order valence-corrected chi connectivity index (χ3v) is 4.99. The molecule has 150 valence electrons. The molecule has 0 spiro atoms. The molecule has 0 aliphatic carbocycles. The van der Waals surface area contributed by atoms with Crippen LogP contribution in [0.2, 0.25) is 10.0 Å². The summed E-state index contributed by atoms with van der Waals surface area (Å²) in [6.07, 6.45) is 3.46. The Kier molecular flexibility index (Phi) is 8.67. The summed E-state index contributed by atoms with van der Waals surface area (Å²) in [7, 11) is 3.43. The maximum atomic E-state index is 11.9. The van der Waals surface area contributed by atoms with Crippen molar-refractivity contribution in [3.05, 3.63) is 33.8 Å². The predicted molar refractivity (Wildman–Crippen MR) is 111 cm³/mol. The second-order valence-electron chi connectivity index (χ2n) is 6.85. The molecule has 2 unspecified atom stereocenters. The van der Waals surface area contributed by atoms with Gasteiger partial charge in [0, 0.05) is 37.3 Å². The number of guanidine groups is 1. The standard InChI is InChI=1S/C19H28Cl2N4O2/c1-13(16-8-7-14(20)10-17(16)21)24-19(23-12-18(26)25(2)3)22-11-15-6-4-5-9-27-15/h7-8,10,13,15H,4-6,9,11-12H2,1-3H3,(H2,22,23,24). The van der Waals surface area contributed by atoms with E-state index in [4.69, 9.17) is 27.9 Å². The van der Waals surface area contributed by atoms with E-state index in [9.17, 15) is 4.79 Å². The molecule has 1 heterocycles. The first kappa shape index (κ1) is 21.8. The first-order chi connectivity index (χ1) is 12.9. The summed E-state index contributed by atoms with van der Waals surface area (Å²) < 4.78 is 5.76. The third kappa shape index (κ3) is 7.20. The van der Waals surface area contributed by atoms with Crippen molar-refractivity contribution in [3.8, 4) is 0 Å². The minimum absolute atomic E-state index is 0.0644. The molecule has 8 heteroatoms. The molecular weight excluding hydrogens is 387 g/mol. The fraction of sp³-hybridized carbons (Fsp3) is 0.579. The number of hydrogen-bond acceptors (Lipinski definition) is 3. The van der Waals surface area contributed by atoms with E-state index in [1.54, 1.807) is 26.2 Å². The number of hydrogen-bond donors (Lipinski definition) is 2. The van der Waals surface area contributed by atoms with Gasteiger partial charge in [0.1, 0.15) is 6.54 Å². The molecule has 2 rings (SSSR count). The zero-order chi connectivity index (χ0) is 19.8. The molecular formula is C19H28Cl2N4O2. The lowest BCUT2D eigenvalue weighted by atomic mass is 10.1. The number of halogens is 2. The second kappa shape index (κ2) is 10.7. The Hall–Kier alpha value is -1.50. The van der Waals surface area contributed by atoms with Gasteiger partial charge in [0.15, 0.2) is 5.96 Å². The van der Waals surface area contributed by atoms with Crippen LogP contribution in [-0.2, 0) is 9.53 Å². The molecule has 1 aliphatic rings. The Labute approximate surface area is 171 Å². The molecule has 1 saturated heterocycles. The number of carbonyl (C=O) groups excluding carboxylic acids is 1. The summed E-state index contributed by atoms with van der Waals surface area (Å²) in [5.74, 6) is 0.486. The van der Waals surface area contributed by atoms with Gasteiger partial charge < -0.3 is 20.3 Å². The van der Waals surface area contributed by atoms with Crippen molar-refractivity contribution in [1.82, 2.24) is 15.5 Å². The maximum absolute atomic E-state index is 11.9. The van der Waals surface area contributed by atoms with Gasteiger partial charge in [0.25, 0.3) is 0 Å². The van der Waals surface area contributed by atoms with Gasteiger partial charge in [-0.2, -0.15) is 0 Å². The van der Waals surface area contributed by atoms with Gasteiger partial charge in [0.2, 0.25) is 5.91 Å². The Morgan fingerprint density at radius 3 is 2.78 bits per heavy atom. The second-order valence-corrected chi connectivity index (χ2v) is 7.70. The summed E-state index contributed by atoms with van der Waals surface area (Å²) in [6, 6.07) is 5.29. The number of carbonyl (C=O) groups is 1. The third-order valence-electron chi connectivity index (χ3n) is 4.42. The summed E-state index contributed by atoms with van der Waals surface area (Å²) >= 11 is 12.3. The molecule has 0 saturated carbocycles. The smallest absolute Gasteiger partial charge is 0.243 e. The molecule has 2 atom stereocenters. The summed E-state index contributed by atoms with van der Waals surface area (Å²) in [4.78, 5) is 17.8. The normalized spacial score (nSPS) is 18.7. The molecule has 0 aromatic heterocycles. The maximum Gasteiger partial charge on any atom is 0.243 e. The van der Waals surface area contributed by atoms with Crippen molar-refractivity contribution in [1.29, 1.82) is 0 Å². The number of rotatable bonds is 6. The first-order valence-corrected chi connectivity index (χ1v) is 9.94. The highest BCUT2D eigenvalue weighted by molar-refractivity contribution is 6.35. The Bertz CT molecular complexity index is 661. The molecule has 1 aliphatic heterocycles. The Balaban J connectivity index is 2.05. The summed E-state index contributed by atoms with van der Waals surface area (Å²) in [5, 5.41) is 7.78. The molecule has 6 nitrogen and oxygen atoms in total. The first-order valence-electron chi connectivity index (χ1n) is 9.18. The molecule has 1 fully saturated rings. The molecule has 2 N–H and O–H groups in total. The lowest BCUT2D eigenvalue weighted by molar-refractivity contribution is -0.127. The van der Waals surface area contributed by atoms with Crippen LogP contribution in [-0.4, -0.2) is 56.7 Å². The zero-order valence-corrected chi connectivity index (χ0v) is 17.6. The van der Waals surface area contributed by atoms with Crippen LogP contribution < -0.4 is 10.6 Å². The number of likely N-dealkylation sites (N-methyl/N-ethyl adjacent to an activating group) is 1. The van der Waals surface area contributed by atoms with Crippen LogP contribution in [0.4, 0.5) is 0 Å². The van der Waals surface area contributed by atoms with Crippen molar-refractivity contribution < 1.29 is 9.53 Å². The van der Waals surface area contributed by atoms with E-state index in [1.165, 1.54) is 11.3 Å². The van der Waals surface area contributed by atoms with Gasteiger partial charge in [-0.1, -0.05) is 29.3 Å². The van der Waals surface area contributed by atoms with Gasteiger partial charge in [-0.15, -0.1) is 0 Å². The van der Waals surface area contributed by atoms with E-state index in [0.717, 1.165) is 25.0 Å². The van der Waals surface area contributed by atoms with Crippen molar-refractivity contribution in [2.45, 2.75) is 38.3 Å². The van der Waals surface area contributed by atoms with E-state index < -0.39 is 0 Å². The Morgan fingerprint density at radius 2 is 2.15 bits per heavy atom. The molecule has 1 amide bonds. The number of amides is 1. The van der Waals surface area contributed by atoms with E-state index >= 15 is 0 Å².